The topological polar surface area (TPSA) is 70.6 Å². The number of carbonyl (C=O) groups excluding carboxylic acids is 3. The molecule has 1 aromatic heterocycles. The molecule has 0 aliphatic carbocycles. The van der Waals surface area contributed by atoms with Gasteiger partial charge in [0.1, 0.15) is 0 Å². The van der Waals surface area contributed by atoms with Crippen LogP contribution in [-0.4, -0.2) is 46.1 Å². The van der Waals surface area contributed by atoms with Gasteiger partial charge in [0, 0.05) is 39.0 Å². The highest BCUT2D eigenvalue weighted by molar-refractivity contribution is 6.21. The minimum Gasteiger partial charge on any atom is -0.341 e. The van der Waals surface area contributed by atoms with Crippen LogP contribution in [0.2, 0.25) is 0 Å². The molecule has 1 aliphatic heterocycles. The van der Waals surface area contributed by atoms with Crippen LogP contribution in [-0.2, 0) is 11.3 Å². The first kappa shape index (κ1) is 16.8. The van der Waals surface area contributed by atoms with Gasteiger partial charge in [-0.15, -0.1) is 0 Å². The second-order valence-electron chi connectivity index (χ2n) is 6.02. The number of pyridine rings is 1. The summed E-state index contributed by atoms with van der Waals surface area (Å²) in [5.74, 6) is -0.579. The second kappa shape index (κ2) is 7.25. The lowest BCUT2D eigenvalue weighted by Gasteiger charge is -2.18. The predicted molar refractivity (Wildman–Crippen MR) is 91.8 cm³/mol. The lowest BCUT2D eigenvalue weighted by atomic mass is 10.1. The molecular weight excluding hydrogens is 318 g/mol. The minimum absolute atomic E-state index is 0.0200. The van der Waals surface area contributed by atoms with Crippen LogP contribution in [0.15, 0.2) is 48.8 Å². The molecular formula is C19H19N3O3. The van der Waals surface area contributed by atoms with Crippen LogP contribution in [0, 0.1) is 0 Å². The van der Waals surface area contributed by atoms with Gasteiger partial charge < -0.3 is 4.90 Å². The Morgan fingerprint density at radius 3 is 2.24 bits per heavy atom. The van der Waals surface area contributed by atoms with Crippen molar-refractivity contribution in [1.82, 2.24) is 14.8 Å². The summed E-state index contributed by atoms with van der Waals surface area (Å²) in [5, 5.41) is 0. The number of amides is 3. The highest BCUT2D eigenvalue weighted by atomic mass is 16.2. The summed E-state index contributed by atoms with van der Waals surface area (Å²) in [5.41, 5.74) is 1.88. The van der Waals surface area contributed by atoms with Gasteiger partial charge in [-0.1, -0.05) is 12.1 Å². The molecule has 0 N–H and O–H groups in total. The number of benzene rings is 1. The van der Waals surface area contributed by atoms with Gasteiger partial charge in [0.05, 0.1) is 11.1 Å². The van der Waals surface area contributed by atoms with E-state index in [1.54, 1.807) is 48.6 Å². The molecule has 1 aliphatic rings. The van der Waals surface area contributed by atoms with Gasteiger partial charge in [0.15, 0.2) is 0 Å². The molecule has 1 aromatic carbocycles. The molecule has 6 heteroatoms. The third-order valence-electron chi connectivity index (χ3n) is 4.25. The fourth-order valence-electron chi connectivity index (χ4n) is 2.87. The third-order valence-corrected chi connectivity index (χ3v) is 4.25. The quantitative estimate of drug-likeness (QED) is 0.757. The third kappa shape index (κ3) is 3.57. The number of hydrogen-bond acceptors (Lipinski definition) is 4. The molecule has 0 unspecified atom stereocenters. The molecule has 2 aromatic rings. The molecule has 25 heavy (non-hydrogen) atoms. The van der Waals surface area contributed by atoms with E-state index in [0.717, 1.165) is 5.56 Å². The monoisotopic (exact) mass is 337 g/mol. The Labute approximate surface area is 146 Å². The van der Waals surface area contributed by atoms with Gasteiger partial charge in [0.2, 0.25) is 5.91 Å². The zero-order chi connectivity index (χ0) is 17.8. The summed E-state index contributed by atoms with van der Waals surface area (Å²) < 4.78 is 0. The largest absolute Gasteiger partial charge is 0.341 e. The van der Waals surface area contributed by atoms with Gasteiger partial charge in [-0.2, -0.15) is 0 Å². The maximum absolute atomic E-state index is 12.3. The number of rotatable bonds is 6. The van der Waals surface area contributed by atoms with Crippen molar-refractivity contribution < 1.29 is 14.4 Å². The van der Waals surface area contributed by atoms with Crippen LogP contribution >= 0.6 is 0 Å². The Morgan fingerprint density at radius 2 is 1.64 bits per heavy atom. The summed E-state index contributed by atoms with van der Waals surface area (Å²) in [6, 6.07) is 10.5. The van der Waals surface area contributed by atoms with Crippen molar-refractivity contribution in [3.63, 3.8) is 0 Å². The van der Waals surface area contributed by atoms with E-state index in [0.29, 0.717) is 24.1 Å². The summed E-state index contributed by atoms with van der Waals surface area (Å²) in [6.07, 6.45) is 4.12. The fraction of sp³-hybridized carbons (Fsp3) is 0.263. The number of aromatic nitrogens is 1. The van der Waals surface area contributed by atoms with E-state index in [-0.39, 0.29) is 30.7 Å². The van der Waals surface area contributed by atoms with Crippen molar-refractivity contribution in [2.75, 3.05) is 13.6 Å². The molecule has 6 nitrogen and oxygen atoms in total. The highest BCUT2D eigenvalue weighted by Gasteiger charge is 2.34. The van der Waals surface area contributed by atoms with Crippen molar-refractivity contribution in [2.24, 2.45) is 0 Å². The van der Waals surface area contributed by atoms with Crippen molar-refractivity contribution in [2.45, 2.75) is 19.4 Å². The molecule has 0 fully saturated rings. The molecule has 128 valence electrons. The van der Waals surface area contributed by atoms with Gasteiger partial charge in [-0.05, 0) is 36.2 Å². The maximum atomic E-state index is 12.3. The van der Waals surface area contributed by atoms with E-state index in [1.165, 1.54) is 4.90 Å². The van der Waals surface area contributed by atoms with Crippen LogP contribution in [0.25, 0.3) is 0 Å². The van der Waals surface area contributed by atoms with Crippen LogP contribution in [0.3, 0.4) is 0 Å². The lowest BCUT2D eigenvalue weighted by Crippen LogP contribution is -2.32. The molecule has 0 saturated carbocycles. The summed E-state index contributed by atoms with van der Waals surface area (Å²) in [6.45, 7) is 0.759. The first-order chi connectivity index (χ1) is 12.1. The fourth-order valence-corrected chi connectivity index (χ4v) is 2.87. The van der Waals surface area contributed by atoms with E-state index in [9.17, 15) is 14.4 Å². The van der Waals surface area contributed by atoms with Crippen LogP contribution in [0.1, 0.15) is 39.1 Å². The summed E-state index contributed by atoms with van der Waals surface area (Å²) >= 11 is 0. The maximum Gasteiger partial charge on any atom is 0.261 e. The van der Waals surface area contributed by atoms with E-state index >= 15 is 0 Å². The number of imide groups is 1. The number of fused-ring (bicyclic) bond motifs is 1. The minimum atomic E-state index is -0.279. The van der Waals surface area contributed by atoms with E-state index in [2.05, 4.69) is 4.98 Å². The SMILES string of the molecule is CN(Cc1ccncc1)C(=O)CCCN1C(=O)c2ccccc2C1=O. The Morgan fingerprint density at radius 1 is 1.04 bits per heavy atom. The molecule has 0 atom stereocenters. The summed E-state index contributed by atoms with van der Waals surface area (Å²) in [7, 11) is 1.74. The second-order valence-corrected chi connectivity index (χ2v) is 6.02. The molecule has 3 rings (SSSR count). The zero-order valence-electron chi connectivity index (χ0n) is 14.0. The smallest absolute Gasteiger partial charge is 0.261 e. The average Bonchev–Trinajstić information content (AvgIpc) is 2.87. The zero-order valence-corrected chi connectivity index (χ0v) is 14.0. The van der Waals surface area contributed by atoms with Crippen molar-refractivity contribution in [3.05, 3.63) is 65.5 Å². The number of carbonyl (C=O) groups is 3. The average molecular weight is 337 g/mol. The van der Waals surface area contributed by atoms with Gasteiger partial charge in [0.25, 0.3) is 11.8 Å². The molecule has 0 radical (unpaired) electrons. The van der Waals surface area contributed by atoms with E-state index < -0.39 is 0 Å². The molecule has 2 heterocycles. The first-order valence-electron chi connectivity index (χ1n) is 8.16. The standard InChI is InChI=1S/C19H19N3O3/c1-21(13-14-8-10-20-11-9-14)17(23)7-4-12-22-18(24)15-5-2-3-6-16(15)19(22)25/h2-3,5-6,8-11H,4,7,12-13H2,1H3. The van der Waals surface area contributed by atoms with Crippen molar-refractivity contribution in [3.8, 4) is 0 Å². The number of hydrogen-bond donors (Lipinski definition) is 0. The van der Waals surface area contributed by atoms with Crippen molar-refractivity contribution in [1.29, 1.82) is 0 Å². The molecule has 0 saturated heterocycles. The van der Waals surface area contributed by atoms with Gasteiger partial charge in [-0.25, -0.2) is 0 Å². The van der Waals surface area contributed by atoms with Crippen molar-refractivity contribution >= 4 is 17.7 Å². The summed E-state index contributed by atoms with van der Waals surface area (Å²) in [4.78, 5) is 43.6. The number of nitrogens with zero attached hydrogens (tertiary/aromatic N) is 3. The van der Waals surface area contributed by atoms with Gasteiger partial charge >= 0.3 is 0 Å². The lowest BCUT2D eigenvalue weighted by molar-refractivity contribution is -0.130. The predicted octanol–water partition coefficient (Wildman–Crippen LogP) is 2.12. The Balaban J connectivity index is 1.51. The van der Waals surface area contributed by atoms with Crippen LogP contribution in [0.4, 0.5) is 0 Å². The normalized spacial score (nSPS) is 13.1. The van der Waals surface area contributed by atoms with Gasteiger partial charge in [-0.3, -0.25) is 24.3 Å². The molecule has 0 bridgehead atoms. The first-order valence-corrected chi connectivity index (χ1v) is 8.16. The van der Waals surface area contributed by atoms with E-state index in [4.69, 9.17) is 0 Å². The molecule has 3 amide bonds. The van der Waals surface area contributed by atoms with E-state index in [1.807, 2.05) is 12.1 Å². The Kier molecular flexibility index (Phi) is 4.88. The Bertz CT molecular complexity index is 770. The van der Waals surface area contributed by atoms with Crippen LogP contribution < -0.4 is 0 Å². The highest BCUT2D eigenvalue weighted by Crippen LogP contribution is 2.22. The Hall–Kier alpha value is -3.02. The van der Waals surface area contributed by atoms with Crippen LogP contribution in [0.5, 0.6) is 0 Å². The molecule has 0 spiro atoms.